The SMILES string of the molecule is C[C@]12c3ncc(Cl)cc3O[C@@]1(c1ccc(C(F)(F)F)cc1)[C@H](c1ccccc1)[C@@H](C(=O)O)[C@H]2O. The fraction of sp³-hybridized carbons (Fsp3) is 0.280. The number of carboxylic acids is 1. The molecule has 5 rings (SSSR count). The Morgan fingerprint density at radius 2 is 1.76 bits per heavy atom. The summed E-state index contributed by atoms with van der Waals surface area (Å²) >= 11 is 6.13. The first-order chi connectivity index (χ1) is 16.0. The maximum absolute atomic E-state index is 13.3. The largest absolute Gasteiger partial charge is 0.481 e. The van der Waals surface area contributed by atoms with Crippen molar-refractivity contribution in [1.29, 1.82) is 0 Å². The van der Waals surface area contributed by atoms with E-state index in [2.05, 4.69) is 4.98 Å². The van der Waals surface area contributed by atoms with E-state index in [0.717, 1.165) is 12.1 Å². The molecular weight excluding hydrogens is 471 g/mol. The zero-order valence-electron chi connectivity index (χ0n) is 17.8. The van der Waals surface area contributed by atoms with Gasteiger partial charge in [-0.05, 0) is 30.2 Å². The second kappa shape index (κ2) is 7.45. The van der Waals surface area contributed by atoms with Crippen LogP contribution in [0.1, 0.15) is 35.2 Å². The van der Waals surface area contributed by atoms with E-state index in [0.29, 0.717) is 16.8 Å². The van der Waals surface area contributed by atoms with Crippen LogP contribution in [-0.4, -0.2) is 27.3 Å². The number of alkyl halides is 3. The normalized spacial score (nSPS) is 29.9. The third-order valence-electron chi connectivity index (χ3n) is 7.17. The van der Waals surface area contributed by atoms with Crippen LogP contribution in [-0.2, 0) is 22.0 Å². The van der Waals surface area contributed by atoms with Crippen molar-refractivity contribution in [3.05, 3.63) is 94.3 Å². The Bertz CT molecular complexity index is 1270. The Morgan fingerprint density at radius 3 is 2.35 bits per heavy atom. The number of ether oxygens (including phenoxy) is 1. The van der Waals surface area contributed by atoms with Gasteiger partial charge >= 0.3 is 12.1 Å². The summed E-state index contributed by atoms with van der Waals surface area (Å²) in [5, 5.41) is 22.0. The molecule has 1 fully saturated rings. The number of hydrogen-bond acceptors (Lipinski definition) is 4. The number of carboxylic acid groups (broad SMARTS) is 1. The fourth-order valence-electron chi connectivity index (χ4n) is 5.71. The first-order valence-corrected chi connectivity index (χ1v) is 10.9. The summed E-state index contributed by atoms with van der Waals surface area (Å²) in [6.45, 7) is 1.64. The van der Waals surface area contributed by atoms with Crippen molar-refractivity contribution in [1.82, 2.24) is 4.98 Å². The summed E-state index contributed by atoms with van der Waals surface area (Å²) in [4.78, 5) is 16.9. The fourth-order valence-corrected chi connectivity index (χ4v) is 5.86. The summed E-state index contributed by atoms with van der Waals surface area (Å²) in [5.74, 6) is -3.27. The van der Waals surface area contributed by atoms with Crippen LogP contribution in [0.3, 0.4) is 0 Å². The van der Waals surface area contributed by atoms with E-state index < -0.39 is 46.7 Å². The molecule has 1 saturated carbocycles. The van der Waals surface area contributed by atoms with E-state index in [1.54, 1.807) is 37.3 Å². The van der Waals surface area contributed by atoms with E-state index in [9.17, 15) is 28.2 Å². The summed E-state index contributed by atoms with van der Waals surface area (Å²) in [5.41, 5.74) is -2.66. The van der Waals surface area contributed by atoms with Crippen LogP contribution < -0.4 is 4.74 Å². The lowest BCUT2D eigenvalue weighted by Crippen LogP contribution is -2.50. The standard InChI is InChI=1S/C25H19ClF3NO4/c1-23-20-17(11-16(26)12-30-20)34-24(23,14-7-9-15(10-8-14)25(27,28)29)19(13-5-3-2-4-6-13)18(21(23)31)22(32)33/h2-12,18-19,21,31H,1H3,(H,32,33)/t18-,19-,21-,23-,24+/m1/s1. The van der Waals surface area contributed by atoms with E-state index in [1.807, 2.05) is 0 Å². The minimum Gasteiger partial charge on any atom is -0.481 e. The second-order valence-electron chi connectivity index (χ2n) is 8.81. The molecule has 176 valence electrons. The molecule has 2 aromatic carbocycles. The molecule has 9 heteroatoms. The molecule has 34 heavy (non-hydrogen) atoms. The van der Waals surface area contributed by atoms with E-state index >= 15 is 0 Å². The number of aliphatic hydroxyl groups excluding tert-OH is 1. The molecule has 1 aliphatic carbocycles. The summed E-state index contributed by atoms with van der Waals surface area (Å²) < 4.78 is 46.4. The number of nitrogens with zero attached hydrogens (tertiary/aromatic N) is 1. The monoisotopic (exact) mass is 489 g/mol. The summed E-state index contributed by atoms with van der Waals surface area (Å²) in [6.07, 6.45) is -4.64. The molecule has 0 amide bonds. The minimum atomic E-state index is -4.55. The maximum Gasteiger partial charge on any atom is 0.416 e. The number of benzene rings is 2. The third-order valence-corrected chi connectivity index (χ3v) is 7.37. The first kappa shape index (κ1) is 22.7. The summed E-state index contributed by atoms with van der Waals surface area (Å²) in [6, 6.07) is 14.6. The number of halogens is 4. The number of rotatable bonds is 3. The van der Waals surface area contributed by atoms with Gasteiger partial charge in [0, 0.05) is 18.2 Å². The molecule has 2 N–H and O–H groups in total. The quantitative estimate of drug-likeness (QED) is 0.531. The minimum absolute atomic E-state index is 0.249. The van der Waals surface area contributed by atoms with Crippen molar-refractivity contribution in [2.24, 2.45) is 5.92 Å². The molecular formula is C25H19ClF3NO4. The lowest BCUT2D eigenvalue weighted by Gasteiger charge is -2.41. The molecule has 0 bridgehead atoms. The van der Waals surface area contributed by atoms with Gasteiger partial charge in [0.25, 0.3) is 0 Å². The average Bonchev–Trinajstić information content (AvgIpc) is 3.16. The van der Waals surface area contributed by atoms with Crippen LogP contribution in [0.4, 0.5) is 13.2 Å². The van der Waals surface area contributed by atoms with Crippen LogP contribution in [0, 0.1) is 5.92 Å². The van der Waals surface area contributed by atoms with Gasteiger partial charge in [-0.2, -0.15) is 13.2 Å². The topological polar surface area (TPSA) is 79.7 Å². The number of hydrogen-bond donors (Lipinski definition) is 2. The van der Waals surface area contributed by atoms with Gasteiger partial charge in [-0.3, -0.25) is 9.78 Å². The van der Waals surface area contributed by atoms with Gasteiger partial charge in [0.1, 0.15) is 5.75 Å². The Morgan fingerprint density at radius 1 is 1.12 bits per heavy atom. The van der Waals surface area contributed by atoms with Gasteiger partial charge in [-0.1, -0.05) is 54.1 Å². The number of aliphatic carboxylic acids is 1. The first-order valence-electron chi connectivity index (χ1n) is 10.5. The highest BCUT2D eigenvalue weighted by molar-refractivity contribution is 6.30. The van der Waals surface area contributed by atoms with Gasteiger partial charge in [-0.25, -0.2) is 0 Å². The third kappa shape index (κ3) is 2.91. The van der Waals surface area contributed by atoms with E-state index in [1.165, 1.54) is 24.4 Å². The maximum atomic E-state index is 13.3. The number of aliphatic hydroxyl groups is 1. The predicted octanol–water partition coefficient (Wildman–Crippen LogP) is 5.16. The molecule has 0 spiro atoms. The highest BCUT2D eigenvalue weighted by atomic mass is 35.5. The van der Waals surface area contributed by atoms with Crippen LogP contribution in [0.15, 0.2) is 66.9 Å². The van der Waals surface area contributed by atoms with Crippen LogP contribution in [0.25, 0.3) is 0 Å². The van der Waals surface area contributed by atoms with Crippen LogP contribution in [0.2, 0.25) is 5.02 Å². The number of carbonyl (C=O) groups is 1. The van der Waals surface area contributed by atoms with Crippen molar-refractivity contribution in [2.45, 2.75) is 36.1 Å². The van der Waals surface area contributed by atoms with Gasteiger partial charge in [-0.15, -0.1) is 0 Å². The van der Waals surface area contributed by atoms with Crippen LogP contribution >= 0.6 is 11.6 Å². The molecule has 1 aromatic heterocycles. The second-order valence-corrected chi connectivity index (χ2v) is 9.25. The van der Waals surface area contributed by atoms with Crippen molar-refractivity contribution in [3.63, 3.8) is 0 Å². The highest BCUT2D eigenvalue weighted by Gasteiger charge is 2.76. The Labute approximate surface area is 197 Å². The smallest absolute Gasteiger partial charge is 0.416 e. The van der Waals surface area contributed by atoms with Gasteiger partial charge in [0.2, 0.25) is 0 Å². The van der Waals surface area contributed by atoms with Crippen molar-refractivity contribution >= 4 is 17.6 Å². The molecule has 2 aliphatic rings. The molecule has 0 unspecified atom stereocenters. The molecule has 2 heterocycles. The van der Waals surface area contributed by atoms with Crippen LogP contribution in [0.5, 0.6) is 5.75 Å². The Hall–Kier alpha value is -3.10. The average molecular weight is 490 g/mol. The lowest BCUT2D eigenvalue weighted by atomic mass is 9.66. The molecule has 1 aliphatic heterocycles. The summed E-state index contributed by atoms with van der Waals surface area (Å²) in [7, 11) is 0. The predicted molar refractivity (Wildman–Crippen MR) is 117 cm³/mol. The van der Waals surface area contributed by atoms with Crippen molar-refractivity contribution in [3.8, 4) is 5.75 Å². The van der Waals surface area contributed by atoms with E-state index in [4.69, 9.17) is 16.3 Å². The Kier molecular flexibility index (Phi) is 4.97. The van der Waals surface area contributed by atoms with Crippen molar-refractivity contribution in [2.75, 3.05) is 0 Å². The number of fused-ring (bicyclic) bond motifs is 3. The Balaban J connectivity index is 1.83. The highest BCUT2D eigenvalue weighted by Crippen LogP contribution is 2.69. The molecule has 0 saturated heterocycles. The molecule has 0 radical (unpaired) electrons. The molecule has 5 nitrogen and oxygen atoms in total. The van der Waals surface area contributed by atoms with Gasteiger partial charge in [0.05, 0.1) is 33.7 Å². The molecule has 3 aromatic rings. The zero-order chi connectivity index (χ0) is 24.5. The zero-order valence-corrected chi connectivity index (χ0v) is 18.5. The number of pyridine rings is 1. The van der Waals surface area contributed by atoms with Crippen molar-refractivity contribution < 1.29 is 32.9 Å². The van der Waals surface area contributed by atoms with Gasteiger partial charge < -0.3 is 14.9 Å². The molecule has 5 atom stereocenters. The van der Waals surface area contributed by atoms with E-state index in [-0.39, 0.29) is 10.8 Å². The van der Waals surface area contributed by atoms with Gasteiger partial charge in [0.15, 0.2) is 5.60 Å². The number of aromatic nitrogens is 1. The lowest BCUT2D eigenvalue weighted by molar-refractivity contribution is -0.146.